The van der Waals surface area contributed by atoms with E-state index >= 15 is 0 Å². The average molecular weight is 186 g/mol. The van der Waals surface area contributed by atoms with E-state index in [4.69, 9.17) is 0 Å². The van der Waals surface area contributed by atoms with Gasteiger partial charge in [0.2, 0.25) is 0 Å². The second-order valence-electron chi connectivity index (χ2n) is 3.43. The first-order chi connectivity index (χ1) is 6.83. The highest BCUT2D eigenvalue weighted by atomic mass is 14.9. The molecule has 14 heavy (non-hydrogen) atoms. The Balaban J connectivity index is 2.65. The summed E-state index contributed by atoms with van der Waals surface area (Å²) in [5, 5.41) is 4.48. The van der Waals surface area contributed by atoms with E-state index < -0.39 is 0 Å². The summed E-state index contributed by atoms with van der Waals surface area (Å²) in [6.45, 7) is 2.15. The normalized spacial score (nSPS) is 13.0. The lowest BCUT2D eigenvalue weighted by Crippen LogP contribution is -2.12. The molecule has 1 aromatic carbocycles. The van der Waals surface area contributed by atoms with E-state index in [0.29, 0.717) is 6.04 Å². The molecule has 2 aromatic rings. The maximum atomic E-state index is 4.33. The Kier molecular flexibility index (Phi) is 2.46. The number of nitrogens with zero attached hydrogens (tertiary/aromatic N) is 1. The predicted molar refractivity (Wildman–Crippen MR) is 59.2 cm³/mol. The fourth-order valence-corrected chi connectivity index (χ4v) is 1.66. The van der Waals surface area contributed by atoms with Crippen molar-refractivity contribution in [3.8, 4) is 0 Å². The molecule has 0 fully saturated rings. The molecule has 2 rings (SSSR count). The van der Waals surface area contributed by atoms with Gasteiger partial charge in [0.25, 0.3) is 0 Å². The highest BCUT2D eigenvalue weighted by Crippen LogP contribution is 2.21. The first-order valence-corrected chi connectivity index (χ1v) is 4.84. The zero-order chi connectivity index (χ0) is 9.97. The van der Waals surface area contributed by atoms with Gasteiger partial charge in [-0.1, -0.05) is 18.2 Å². The monoisotopic (exact) mass is 186 g/mol. The lowest BCUT2D eigenvalue weighted by atomic mass is 10.0. The third-order valence-electron chi connectivity index (χ3n) is 2.58. The van der Waals surface area contributed by atoms with E-state index in [1.165, 1.54) is 10.9 Å². The molecular formula is C12H14N2. The van der Waals surface area contributed by atoms with Crippen LogP contribution in [0.1, 0.15) is 18.5 Å². The van der Waals surface area contributed by atoms with Gasteiger partial charge in [-0.05, 0) is 31.7 Å². The molecule has 0 bridgehead atoms. The molecule has 1 N–H and O–H groups in total. The molecule has 1 atom stereocenters. The van der Waals surface area contributed by atoms with Crippen LogP contribution in [-0.4, -0.2) is 12.0 Å². The zero-order valence-electron chi connectivity index (χ0n) is 8.49. The number of pyridine rings is 1. The van der Waals surface area contributed by atoms with Gasteiger partial charge < -0.3 is 5.32 Å². The molecule has 2 nitrogen and oxygen atoms in total. The maximum absolute atomic E-state index is 4.33. The Morgan fingerprint density at radius 3 is 2.86 bits per heavy atom. The summed E-state index contributed by atoms with van der Waals surface area (Å²) in [6, 6.07) is 10.7. The molecule has 0 amide bonds. The molecule has 1 unspecified atom stereocenters. The van der Waals surface area contributed by atoms with Gasteiger partial charge in [0.05, 0.1) is 5.52 Å². The van der Waals surface area contributed by atoms with Gasteiger partial charge in [-0.25, -0.2) is 0 Å². The second-order valence-corrected chi connectivity index (χ2v) is 3.43. The molecule has 0 spiro atoms. The number of fused-ring (bicyclic) bond motifs is 1. The third-order valence-corrected chi connectivity index (χ3v) is 2.58. The first-order valence-electron chi connectivity index (χ1n) is 4.84. The second kappa shape index (κ2) is 3.76. The first kappa shape index (κ1) is 9.16. The van der Waals surface area contributed by atoms with Crippen LogP contribution < -0.4 is 5.32 Å². The summed E-state index contributed by atoms with van der Waals surface area (Å²) in [5.74, 6) is 0. The van der Waals surface area contributed by atoms with Crippen LogP contribution in [0.3, 0.4) is 0 Å². The van der Waals surface area contributed by atoms with Gasteiger partial charge in [-0.15, -0.1) is 0 Å². The molecule has 0 aliphatic heterocycles. The van der Waals surface area contributed by atoms with Crippen LogP contribution in [0.5, 0.6) is 0 Å². The lowest BCUT2D eigenvalue weighted by Gasteiger charge is -2.12. The fourth-order valence-electron chi connectivity index (χ4n) is 1.66. The Morgan fingerprint density at radius 1 is 1.21 bits per heavy atom. The van der Waals surface area contributed by atoms with Crippen LogP contribution in [0.2, 0.25) is 0 Å². The van der Waals surface area contributed by atoms with Crippen molar-refractivity contribution in [1.29, 1.82) is 0 Å². The molecule has 1 aromatic heterocycles. The lowest BCUT2D eigenvalue weighted by molar-refractivity contribution is 0.657. The third kappa shape index (κ3) is 1.49. The van der Waals surface area contributed by atoms with Crippen molar-refractivity contribution in [2.24, 2.45) is 0 Å². The molecule has 2 heteroatoms. The maximum Gasteiger partial charge on any atom is 0.0705 e. The zero-order valence-corrected chi connectivity index (χ0v) is 8.49. The van der Waals surface area contributed by atoms with Gasteiger partial charge in [0.1, 0.15) is 0 Å². The van der Waals surface area contributed by atoms with Gasteiger partial charge in [0, 0.05) is 17.6 Å². The Bertz CT molecular complexity index is 432. The standard InChI is InChI=1S/C12H14N2/c1-9(13-2)10-5-3-7-12-11(10)6-4-8-14-12/h3-9,13H,1-2H3. The van der Waals surface area contributed by atoms with E-state index in [0.717, 1.165) is 5.52 Å². The van der Waals surface area contributed by atoms with Crippen LogP contribution in [0.15, 0.2) is 36.5 Å². The summed E-state index contributed by atoms with van der Waals surface area (Å²) in [7, 11) is 1.97. The van der Waals surface area contributed by atoms with Crippen molar-refractivity contribution in [3.05, 3.63) is 42.1 Å². The Hall–Kier alpha value is -1.41. The molecule has 0 saturated carbocycles. The van der Waals surface area contributed by atoms with E-state index in [9.17, 15) is 0 Å². The minimum atomic E-state index is 0.364. The molecule has 72 valence electrons. The topological polar surface area (TPSA) is 24.9 Å². The summed E-state index contributed by atoms with van der Waals surface area (Å²) in [5.41, 5.74) is 2.37. The number of rotatable bonds is 2. The number of nitrogens with one attached hydrogen (secondary N) is 1. The molecule has 0 saturated heterocycles. The van der Waals surface area contributed by atoms with Crippen molar-refractivity contribution >= 4 is 10.9 Å². The van der Waals surface area contributed by atoms with Gasteiger partial charge in [0.15, 0.2) is 0 Å². The minimum Gasteiger partial charge on any atom is -0.313 e. The van der Waals surface area contributed by atoms with Crippen molar-refractivity contribution in [2.75, 3.05) is 7.05 Å². The Labute approximate surface area is 84.0 Å². The highest BCUT2D eigenvalue weighted by Gasteiger charge is 2.06. The van der Waals surface area contributed by atoms with E-state index in [1.54, 1.807) is 0 Å². The van der Waals surface area contributed by atoms with Gasteiger partial charge in [-0.3, -0.25) is 4.98 Å². The summed E-state index contributed by atoms with van der Waals surface area (Å²) in [4.78, 5) is 4.33. The Morgan fingerprint density at radius 2 is 2.07 bits per heavy atom. The molecule has 0 aliphatic carbocycles. The largest absolute Gasteiger partial charge is 0.313 e. The molecule has 0 aliphatic rings. The number of hydrogen-bond donors (Lipinski definition) is 1. The van der Waals surface area contributed by atoms with Crippen molar-refractivity contribution in [1.82, 2.24) is 10.3 Å². The van der Waals surface area contributed by atoms with Crippen LogP contribution in [0.25, 0.3) is 10.9 Å². The minimum absolute atomic E-state index is 0.364. The molecule has 1 heterocycles. The fraction of sp³-hybridized carbons (Fsp3) is 0.250. The van der Waals surface area contributed by atoms with Crippen LogP contribution in [0.4, 0.5) is 0 Å². The summed E-state index contributed by atoms with van der Waals surface area (Å²) >= 11 is 0. The molecule has 0 radical (unpaired) electrons. The SMILES string of the molecule is CNC(C)c1cccc2ncccc12. The van der Waals surface area contributed by atoms with Crippen LogP contribution in [0, 0.1) is 0 Å². The van der Waals surface area contributed by atoms with Crippen molar-refractivity contribution in [2.45, 2.75) is 13.0 Å². The van der Waals surface area contributed by atoms with E-state index in [1.807, 2.05) is 25.4 Å². The number of benzene rings is 1. The van der Waals surface area contributed by atoms with E-state index in [2.05, 4.69) is 35.4 Å². The van der Waals surface area contributed by atoms with Crippen LogP contribution in [-0.2, 0) is 0 Å². The smallest absolute Gasteiger partial charge is 0.0705 e. The average Bonchev–Trinajstić information content (AvgIpc) is 2.27. The highest BCUT2D eigenvalue weighted by molar-refractivity contribution is 5.82. The van der Waals surface area contributed by atoms with Crippen molar-refractivity contribution < 1.29 is 0 Å². The summed E-state index contributed by atoms with van der Waals surface area (Å²) < 4.78 is 0. The quantitative estimate of drug-likeness (QED) is 0.779. The van der Waals surface area contributed by atoms with Crippen LogP contribution >= 0.6 is 0 Å². The summed E-state index contributed by atoms with van der Waals surface area (Å²) in [6.07, 6.45) is 1.83. The van der Waals surface area contributed by atoms with Gasteiger partial charge >= 0.3 is 0 Å². The van der Waals surface area contributed by atoms with Crippen molar-refractivity contribution in [3.63, 3.8) is 0 Å². The van der Waals surface area contributed by atoms with E-state index in [-0.39, 0.29) is 0 Å². The number of hydrogen-bond acceptors (Lipinski definition) is 2. The van der Waals surface area contributed by atoms with Gasteiger partial charge in [-0.2, -0.15) is 0 Å². The molecular weight excluding hydrogens is 172 g/mol. The number of aromatic nitrogens is 1. The predicted octanol–water partition coefficient (Wildman–Crippen LogP) is 2.52.